The van der Waals surface area contributed by atoms with Crippen LogP contribution in [0.2, 0.25) is 0 Å². The summed E-state index contributed by atoms with van der Waals surface area (Å²) in [5.41, 5.74) is 5.13. The van der Waals surface area contributed by atoms with E-state index in [1.165, 1.54) is 0 Å². The predicted octanol–water partition coefficient (Wildman–Crippen LogP) is 1.12. The average Bonchev–Trinajstić information content (AvgIpc) is 2.27. The lowest BCUT2D eigenvalue weighted by molar-refractivity contribution is -0.0568. The molecule has 0 aliphatic carbocycles. The summed E-state index contributed by atoms with van der Waals surface area (Å²) in [5.74, 6) is 0. The topological polar surface area (TPSA) is 62.3 Å². The van der Waals surface area contributed by atoms with E-state index < -0.39 is 5.54 Å². The van der Waals surface area contributed by atoms with Crippen molar-refractivity contribution in [3.8, 4) is 6.07 Å². The summed E-state index contributed by atoms with van der Waals surface area (Å²) in [4.78, 5) is 2.40. The molecule has 16 heavy (non-hydrogen) atoms. The summed E-state index contributed by atoms with van der Waals surface area (Å²) in [7, 11) is 0. The van der Waals surface area contributed by atoms with Crippen molar-refractivity contribution in [2.75, 3.05) is 19.7 Å². The fourth-order valence-electron chi connectivity index (χ4n) is 1.99. The Morgan fingerprint density at radius 1 is 1.62 bits per heavy atom. The van der Waals surface area contributed by atoms with Gasteiger partial charge in [-0.2, -0.15) is 5.26 Å². The maximum Gasteiger partial charge on any atom is 0.102 e. The molecular formula is C12H23N3O. The van der Waals surface area contributed by atoms with Gasteiger partial charge in [0.25, 0.3) is 0 Å². The number of hydrogen-bond acceptors (Lipinski definition) is 4. The van der Waals surface area contributed by atoms with E-state index in [1.54, 1.807) is 6.92 Å². The molecule has 0 saturated carbocycles. The summed E-state index contributed by atoms with van der Waals surface area (Å²) >= 11 is 0. The molecule has 1 rings (SSSR count). The molecule has 0 aromatic rings. The Hall–Kier alpha value is -0.630. The maximum absolute atomic E-state index is 8.88. The van der Waals surface area contributed by atoms with E-state index in [1.807, 2.05) is 0 Å². The van der Waals surface area contributed by atoms with Gasteiger partial charge in [-0.3, -0.25) is 4.90 Å². The van der Waals surface area contributed by atoms with Gasteiger partial charge < -0.3 is 10.5 Å². The highest BCUT2D eigenvalue weighted by molar-refractivity contribution is 5.01. The number of ether oxygens (including phenoxy) is 1. The van der Waals surface area contributed by atoms with E-state index in [9.17, 15) is 0 Å². The van der Waals surface area contributed by atoms with E-state index >= 15 is 0 Å². The number of morpholine rings is 1. The summed E-state index contributed by atoms with van der Waals surface area (Å²) in [6, 6.07) is 2.62. The minimum atomic E-state index is -0.708. The summed E-state index contributed by atoms with van der Waals surface area (Å²) in [6.45, 7) is 8.67. The van der Waals surface area contributed by atoms with Crippen LogP contribution in [0.4, 0.5) is 0 Å². The Balaban J connectivity index is 2.47. The largest absolute Gasteiger partial charge is 0.376 e. The molecule has 3 atom stereocenters. The van der Waals surface area contributed by atoms with Crippen molar-refractivity contribution in [2.24, 2.45) is 5.73 Å². The van der Waals surface area contributed by atoms with Crippen molar-refractivity contribution in [3.05, 3.63) is 0 Å². The van der Waals surface area contributed by atoms with Gasteiger partial charge >= 0.3 is 0 Å². The van der Waals surface area contributed by atoms with Crippen LogP contribution in [-0.4, -0.2) is 42.3 Å². The average molecular weight is 225 g/mol. The molecule has 0 aromatic heterocycles. The fraction of sp³-hybridized carbons (Fsp3) is 0.917. The normalized spacial score (nSPS) is 30.7. The highest BCUT2D eigenvalue weighted by atomic mass is 16.5. The van der Waals surface area contributed by atoms with Gasteiger partial charge in [0.15, 0.2) is 0 Å². The monoisotopic (exact) mass is 225 g/mol. The highest BCUT2D eigenvalue weighted by Gasteiger charge is 2.27. The Labute approximate surface area is 98.4 Å². The fourth-order valence-corrected chi connectivity index (χ4v) is 1.99. The van der Waals surface area contributed by atoms with Gasteiger partial charge in [0.2, 0.25) is 0 Å². The van der Waals surface area contributed by atoms with Crippen molar-refractivity contribution in [1.82, 2.24) is 4.90 Å². The van der Waals surface area contributed by atoms with Gasteiger partial charge in [0, 0.05) is 19.1 Å². The van der Waals surface area contributed by atoms with Gasteiger partial charge in [-0.15, -0.1) is 0 Å². The molecule has 1 heterocycles. The van der Waals surface area contributed by atoms with Crippen molar-refractivity contribution in [1.29, 1.82) is 5.26 Å². The van der Waals surface area contributed by atoms with Crippen LogP contribution in [0.1, 0.15) is 33.6 Å². The van der Waals surface area contributed by atoms with Crippen molar-refractivity contribution in [3.63, 3.8) is 0 Å². The first-order chi connectivity index (χ1) is 7.48. The Morgan fingerprint density at radius 3 is 2.88 bits per heavy atom. The summed E-state index contributed by atoms with van der Waals surface area (Å²) < 4.78 is 5.63. The van der Waals surface area contributed by atoms with Crippen LogP contribution in [0.15, 0.2) is 0 Å². The minimum absolute atomic E-state index is 0.286. The van der Waals surface area contributed by atoms with Gasteiger partial charge in [0.1, 0.15) is 5.54 Å². The molecule has 0 bridgehead atoms. The SMILES string of the molecule is CCC1COC(C)CN1CCC(C)(N)C#N. The van der Waals surface area contributed by atoms with Crippen molar-refractivity contribution >= 4 is 0 Å². The zero-order chi connectivity index (χ0) is 12.2. The highest BCUT2D eigenvalue weighted by Crippen LogP contribution is 2.16. The lowest BCUT2D eigenvalue weighted by Crippen LogP contribution is -2.50. The predicted molar refractivity (Wildman–Crippen MR) is 63.9 cm³/mol. The van der Waals surface area contributed by atoms with Gasteiger partial charge in [0.05, 0.1) is 18.8 Å². The quantitative estimate of drug-likeness (QED) is 0.778. The van der Waals surface area contributed by atoms with Crippen LogP contribution in [0.25, 0.3) is 0 Å². The zero-order valence-electron chi connectivity index (χ0n) is 10.6. The Bertz CT molecular complexity index is 259. The molecule has 0 aromatic carbocycles. The van der Waals surface area contributed by atoms with Crippen LogP contribution in [0.3, 0.4) is 0 Å². The third kappa shape index (κ3) is 3.75. The van der Waals surface area contributed by atoms with Crippen LogP contribution in [0, 0.1) is 11.3 Å². The number of hydrogen-bond donors (Lipinski definition) is 1. The van der Waals surface area contributed by atoms with Crippen LogP contribution in [-0.2, 0) is 4.74 Å². The molecule has 3 unspecified atom stereocenters. The molecule has 0 spiro atoms. The smallest absolute Gasteiger partial charge is 0.102 e. The molecule has 1 aliphatic heterocycles. The third-order valence-electron chi connectivity index (χ3n) is 3.23. The van der Waals surface area contributed by atoms with Crippen molar-refractivity contribution in [2.45, 2.75) is 51.3 Å². The van der Waals surface area contributed by atoms with E-state index in [0.717, 1.165) is 26.1 Å². The first-order valence-corrected chi connectivity index (χ1v) is 6.04. The van der Waals surface area contributed by atoms with Crippen LogP contribution >= 0.6 is 0 Å². The zero-order valence-corrected chi connectivity index (χ0v) is 10.6. The lowest BCUT2D eigenvalue weighted by atomic mass is 10.00. The van der Waals surface area contributed by atoms with E-state index in [4.69, 9.17) is 15.7 Å². The molecule has 92 valence electrons. The molecule has 4 nitrogen and oxygen atoms in total. The van der Waals surface area contributed by atoms with Gasteiger partial charge in [-0.05, 0) is 26.7 Å². The van der Waals surface area contributed by atoms with Crippen molar-refractivity contribution < 1.29 is 4.74 Å². The van der Waals surface area contributed by atoms with Gasteiger partial charge in [-0.1, -0.05) is 6.92 Å². The molecule has 2 N–H and O–H groups in total. The first kappa shape index (κ1) is 13.4. The Morgan fingerprint density at radius 2 is 2.31 bits per heavy atom. The lowest BCUT2D eigenvalue weighted by Gasteiger charge is -2.39. The molecule has 1 saturated heterocycles. The molecule has 0 amide bonds. The second-order valence-corrected chi connectivity index (χ2v) is 4.98. The van der Waals surface area contributed by atoms with Crippen LogP contribution in [0.5, 0.6) is 0 Å². The van der Waals surface area contributed by atoms with E-state index in [-0.39, 0.29) is 6.10 Å². The second-order valence-electron chi connectivity index (χ2n) is 4.98. The van der Waals surface area contributed by atoms with Gasteiger partial charge in [-0.25, -0.2) is 0 Å². The number of nitrogens with two attached hydrogens (primary N) is 1. The molecular weight excluding hydrogens is 202 g/mol. The Kier molecular flexibility index (Phi) is 4.72. The number of nitriles is 1. The third-order valence-corrected chi connectivity index (χ3v) is 3.23. The van der Waals surface area contributed by atoms with Crippen LogP contribution < -0.4 is 5.73 Å². The molecule has 0 radical (unpaired) electrons. The molecule has 1 aliphatic rings. The number of nitrogens with zero attached hydrogens (tertiary/aromatic N) is 2. The molecule has 4 heteroatoms. The number of rotatable bonds is 4. The molecule has 1 fully saturated rings. The second kappa shape index (κ2) is 5.62. The maximum atomic E-state index is 8.88. The van der Waals surface area contributed by atoms with E-state index in [0.29, 0.717) is 12.5 Å². The standard InChI is InChI=1S/C12H23N3O/c1-4-11-8-16-10(2)7-15(11)6-5-12(3,14)9-13/h10-11H,4-8,14H2,1-3H3. The summed E-state index contributed by atoms with van der Waals surface area (Å²) in [5, 5.41) is 8.88. The summed E-state index contributed by atoms with van der Waals surface area (Å²) in [6.07, 6.45) is 2.08. The minimum Gasteiger partial charge on any atom is -0.376 e. The first-order valence-electron chi connectivity index (χ1n) is 6.04. The van der Waals surface area contributed by atoms with E-state index in [2.05, 4.69) is 24.8 Å².